The summed E-state index contributed by atoms with van der Waals surface area (Å²) in [6.45, 7) is 5.46. The first-order chi connectivity index (χ1) is 15.1. The quantitative estimate of drug-likeness (QED) is 0.417. The van der Waals surface area contributed by atoms with Crippen molar-refractivity contribution in [2.45, 2.75) is 51.9 Å². The zero-order valence-electron chi connectivity index (χ0n) is 18.6. The number of carbonyl (C=O) groups is 2. The van der Waals surface area contributed by atoms with Crippen LogP contribution in [-0.2, 0) is 14.3 Å². The lowest BCUT2D eigenvalue weighted by molar-refractivity contribution is -0.136. The van der Waals surface area contributed by atoms with Crippen molar-refractivity contribution in [3.63, 3.8) is 0 Å². The minimum atomic E-state index is -1.05. The van der Waals surface area contributed by atoms with Crippen LogP contribution in [0.3, 0.4) is 0 Å². The second kappa shape index (κ2) is 11.9. The van der Waals surface area contributed by atoms with Crippen molar-refractivity contribution in [1.82, 2.24) is 4.90 Å². The lowest BCUT2D eigenvalue weighted by Gasteiger charge is -2.22. The van der Waals surface area contributed by atoms with E-state index < -0.39 is 5.97 Å². The maximum Gasteiger partial charge on any atom is 0.332 e. The van der Waals surface area contributed by atoms with Gasteiger partial charge in [0, 0.05) is 25.3 Å². The molecule has 1 aliphatic carbocycles. The van der Waals surface area contributed by atoms with Gasteiger partial charge in [0.05, 0.1) is 13.0 Å². The Morgan fingerprint density at radius 2 is 1.74 bits per heavy atom. The summed E-state index contributed by atoms with van der Waals surface area (Å²) >= 11 is 0. The van der Waals surface area contributed by atoms with Crippen molar-refractivity contribution in [2.24, 2.45) is 11.8 Å². The van der Waals surface area contributed by atoms with Crippen LogP contribution >= 0.6 is 0 Å². The molecule has 1 aromatic carbocycles. The van der Waals surface area contributed by atoms with Crippen LogP contribution in [-0.4, -0.2) is 54.8 Å². The first kappa shape index (κ1) is 23.3. The van der Waals surface area contributed by atoms with Gasteiger partial charge in [-0.25, -0.2) is 4.79 Å². The fraction of sp³-hybridized carbons (Fsp3) is 0.600. The summed E-state index contributed by atoms with van der Waals surface area (Å²) in [5.74, 6) is 0.781. The Morgan fingerprint density at radius 3 is 2.35 bits per heavy atom. The number of benzene rings is 1. The van der Waals surface area contributed by atoms with Crippen LogP contribution in [0.5, 0.6) is 5.75 Å². The van der Waals surface area contributed by atoms with E-state index >= 15 is 0 Å². The SMILES string of the molecule is CCCCOCCOc1ccc(/C=C(\CC(=O)N2C[C@H]3CCCC[C@H]3C2)C(=O)O)cc1. The molecule has 0 bridgehead atoms. The van der Waals surface area contributed by atoms with Gasteiger partial charge in [-0.2, -0.15) is 0 Å². The van der Waals surface area contributed by atoms with Crippen LogP contribution in [0, 0.1) is 11.8 Å². The molecule has 2 aliphatic rings. The molecular formula is C25H35NO5. The Bertz CT molecular complexity index is 744. The fourth-order valence-electron chi connectivity index (χ4n) is 4.50. The molecule has 1 saturated heterocycles. The van der Waals surface area contributed by atoms with Gasteiger partial charge >= 0.3 is 5.97 Å². The molecule has 1 N–H and O–H groups in total. The number of hydrogen-bond acceptors (Lipinski definition) is 4. The average molecular weight is 430 g/mol. The maximum atomic E-state index is 12.8. The summed E-state index contributed by atoms with van der Waals surface area (Å²) in [5.41, 5.74) is 0.865. The molecule has 1 heterocycles. The number of carboxylic acids is 1. The molecule has 2 fully saturated rings. The van der Waals surface area contributed by atoms with Crippen molar-refractivity contribution in [3.8, 4) is 5.75 Å². The molecule has 0 aromatic heterocycles. The molecule has 6 nitrogen and oxygen atoms in total. The molecule has 3 rings (SSSR count). The third kappa shape index (κ3) is 7.10. The van der Waals surface area contributed by atoms with Gasteiger partial charge in [-0.15, -0.1) is 0 Å². The zero-order chi connectivity index (χ0) is 22.1. The normalized spacial score (nSPS) is 21.1. The van der Waals surface area contributed by atoms with Gasteiger partial charge < -0.3 is 19.5 Å². The number of rotatable bonds is 11. The molecule has 1 aliphatic heterocycles. The van der Waals surface area contributed by atoms with Crippen LogP contribution in [0.4, 0.5) is 0 Å². The zero-order valence-corrected chi connectivity index (χ0v) is 18.6. The molecule has 2 atom stereocenters. The van der Waals surface area contributed by atoms with E-state index in [0.717, 1.165) is 38.1 Å². The average Bonchev–Trinajstić information content (AvgIpc) is 3.21. The summed E-state index contributed by atoms with van der Waals surface area (Å²) in [6, 6.07) is 7.24. The highest BCUT2D eigenvalue weighted by atomic mass is 16.5. The molecule has 0 radical (unpaired) electrons. The number of nitrogens with zero attached hydrogens (tertiary/aromatic N) is 1. The lowest BCUT2D eigenvalue weighted by Crippen LogP contribution is -2.29. The third-order valence-corrected chi connectivity index (χ3v) is 6.30. The van der Waals surface area contributed by atoms with Gasteiger partial charge in [-0.05, 0) is 54.9 Å². The Kier molecular flexibility index (Phi) is 8.95. The van der Waals surface area contributed by atoms with Crippen molar-refractivity contribution in [2.75, 3.05) is 32.9 Å². The van der Waals surface area contributed by atoms with Crippen molar-refractivity contribution < 1.29 is 24.2 Å². The summed E-state index contributed by atoms with van der Waals surface area (Å²) in [4.78, 5) is 26.4. The summed E-state index contributed by atoms with van der Waals surface area (Å²) in [7, 11) is 0. The topological polar surface area (TPSA) is 76.1 Å². The second-order valence-electron chi connectivity index (χ2n) is 8.64. The minimum absolute atomic E-state index is 0.0673. The van der Waals surface area contributed by atoms with Crippen LogP contribution in [0.2, 0.25) is 0 Å². The van der Waals surface area contributed by atoms with Gasteiger partial charge in [0.2, 0.25) is 5.91 Å². The fourth-order valence-corrected chi connectivity index (χ4v) is 4.50. The number of amides is 1. The molecular weight excluding hydrogens is 394 g/mol. The van der Waals surface area contributed by atoms with Crippen LogP contribution in [0.25, 0.3) is 6.08 Å². The molecule has 170 valence electrons. The molecule has 1 saturated carbocycles. The number of aliphatic carboxylic acids is 1. The predicted molar refractivity (Wildman–Crippen MR) is 120 cm³/mol. The minimum Gasteiger partial charge on any atom is -0.491 e. The van der Waals surface area contributed by atoms with E-state index in [9.17, 15) is 14.7 Å². The maximum absolute atomic E-state index is 12.8. The molecule has 31 heavy (non-hydrogen) atoms. The molecule has 1 aromatic rings. The Hall–Kier alpha value is -2.34. The number of unbranched alkanes of at least 4 members (excludes halogenated alkanes) is 1. The van der Waals surface area contributed by atoms with Gasteiger partial charge in [0.25, 0.3) is 0 Å². The Morgan fingerprint density at radius 1 is 1.06 bits per heavy atom. The van der Waals surface area contributed by atoms with Crippen LogP contribution in [0.15, 0.2) is 29.8 Å². The van der Waals surface area contributed by atoms with Gasteiger partial charge in [0.15, 0.2) is 0 Å². The second-order valence-corrected chi connectivity index (χ2v) is 8.64. The largest absolute Gasteiger partial charge is 0.491 e. The van der Waals surface area contributed by atoms with E-state index in [4.69, 9.17) is 9.47 Å². The van der Waals surface area contributed by atoms with E-state index in [1.54, 1.807) is 6.08 Å². The first-order valence-corrected chi connectivity index (χ1v) is 11.6. The smallest absolute Gasteiger partial charge is 0.332 e. The number of hydrogen-bond donors (Lipinski definition) is 1. The Labute approximate surface area is 185 Å². The van der Waals surface area contributed by atoms with E-state index in [1.165, 1.54) is 25.7 Å². The van der Waals surface area contributed by atoms with Crippen molar-refractivity contribution >= 4 is 18.0 Å². The van der Waals surface area contributed by atoms with E-state index in [1.807, 2.05) is 29.2 Å². The Balaban J connectivity index is 1.51. The first-order valence-electron chi connectivity index (χ1n) is 11.6. The van der Waals surface area contributed by atoms with E-state index in [2.05, 4.69) is 6.92 Å². The number of carbonyl (C=O) groups excluding carboxylic acids is 1. The van der Waals surface area contributed by atoms with Crippen LogP contribution < -0.4 is 4.74 Å². The van der Waals surface area contributed by atoms with Crippen molar-refractivity contribution in [1.29, 1.82) is 0 Å². The lowest BCUT2D eigenvalue weighted by atomic mass is 9.82. The number of likely N-dealkylation sites (tertiary alicyclic amines) is 1. The number of ether oxygens (including phenoxy) is 2. The molecule has 0 spiro atoms. The predicted octanol–water partition coefficient (Wildman–Crippen LogP) is 4.39. The highest BCUT2D eigenvalue weighted by molar-refractivity contribution is 5.98. The van der Waals surface area contributed by atoms with E-state index in [0.29, 0.717) is 30.8 Å². The summed E-state index contributed by atoms with van der Waals surface area (Å²) < 4.78 is 11.1. The summed E-state index contributed by atoms with van der Waals surface area (Å²) in [5, 5.41) is 9.61. The highest BCUT2D eigenvalue weighted by Gasteiger charge is 2.36. The van der Waals surface area contributed by atoms with E-state index in [-0.39, 0.29) is 17.9 Å². The van der Waals surface area contributed by atoms with Gasteiger partial charge in [0.1, 0.15) is 12.4 Å². The molecule has 6 heteroatoms. The standard InChI is InChI=1S/C25H35NO5/c1-2-3-12-30-13-14-31-23-10-8-19(9-11-23)15-22(25(28)29)16-24(27)26-17-20-6-4-5-7-21(20)18-26/h8-11,15,20-21H,2-7,12-14,16-18H2,1H3,(H,28,29)/b22-15+/t20-,21+. The number of carboxylic acid groups (broad SMARTS) is 1. The summed E-state index contributed by atoms with van der Waals surface area (Å²) in [6.07, 6.45) is 8.55. The number of fused-ring (bicyclic) bond motifs is 1. The van der Waals surface area contributed by atoms with Gasteiger partial charge in [-0.3, -0.25) is 4.79 Å². The van der Waals surface area contributed by atoms with Crippen molar-refractivity contribution in [3.05, 3.63) is 35.4 Å². The monoisotopic (exact) mass is 429 g/mol. The highest BCUT2D eigenvalue weighted by Crippen LogP contribution is 2.36. The van der Waals surface area contributed by atoms with Gasteiger partial charge in [-0.1, -0.05) is 38.3 Å². The third-order valence-electron chi connectivity index (χ3n) is 6.30. The molecule has 1 amide bonds. The molecule has 0 unspecified atom stereocenters. The van der Waals surface area contributed by atoms with Crippen LogP contribution in [0.1, 0.15) is 57.4 Å².